The van der Waals surface area contributed by atoms with Crippen LogP contribution < -0.4 is 0 Å². The highest BCUT2D eigenvalue weighted by Crippen LogP contribution is 2.27. The third-order valence-electron chi connectivity index (χ3n) is 4.06. The van der Waals surface area contributed by atoms with Gasteiger partial charge in [-0.15, -0.1) is 28.5 Å². The maximum absolute atomic E-state index is 3.60. The van der Waals surface area contributed by atoms with Crippen LogP contribution in [-0.2, 0) is 0 Å². The second kappa shape index (κ2) is 5.00. The van der Waals surface area contributed by atoms with Crippen molar-refractivity contribution >= 4 is 27.8 Å². The van der Waals surface area contributed by atoms with Gasteiger partial charge in [-0.25, -0.2) is 0 Å². The Labute approximate surface area is 126 Å². The normalized spacial score (nSPS) is 13.0. The Kier molecular flexibility index (Phi) is 3.29. The van der Waals surface area contributed by atoms with Crippen LogP contribution in [0.1, 0.15) is 26.3 Å². The monoisotopic (exact) mass is 275 g/mol. The van der Waals surface area contributed by atoms with Crippen molar-refractivity contribution < 1.29 is 4.58 Å². The van der Waals surface area contributed by atoms with E-state index >= 15 is 0 Å². The first-order valence-electron chi connectivity index (χ1n) is 7.38. The quantitative estimate of drug-likeness (QED) is 0.261. The van der Waals surface area contributed by atoms with Gasteiger partial charge in [0.25, 0.3) is 0 Å². The lowest BCUT2D eigenvalue weighted by atomic mass is 9.97. The van der Waals surface area contributed by atoms with E-state index in [1.807, 2.05) is 0 Å². The summed E-state index contributed by atoms with van der Waals surface area (Å²) in [5, 5.41) is 5.04. The summed E-state index contributed by atoms with van der Waals surface area (Å²) in [5.74, 6) is 0. The Morgan fingerprint density at radius 1 is 0.810 bits per heavy atom. The predicted molar refractivity (Wildman–Crippen MR) is 91.5 cm³/mol. The van der Waals surface area contributed by atoms with Gasteiger partial charge < -0.3 is 0 Å². The fourth-order valence-electron chi connectivity index (χ4n) is 2.47. The summed E-state index contributed by atoms with van der Waals surface area (Å²) in [6.07, 6.45) is 3.60. The summed E-state index contributed by atoms with van der Waals surface area (Å²) in [4.78, 5) is 0. The summed E-state index contributed by atoms with van der Waals surface area (Å²) < 4.78 is 2.17. The predicted octanol–water partition coefficient (Wildman–Crippen LogP) is 4.73. The summed E-state index contributed by atoms with van der Waals surface area (Å²) in [7, 11) is 2.09. The van der Waals surface area contributed by atoms with E-state index in [1.54, 1.807) is 0 Å². The lowest BCUT2D eigenvalue weighted by Gasteiger charge is -2.20. The fourth-order valence-corrected chi connectivity index (χ4v) is 2.47. The molecule has 3 aromatic carbocycles. The van der Waals surface area contributed by atoms with Crippen molar-refractivity contribution in [3.05, 3.63) is 60.2 Å². The van der Waals surface area contributed by atoms with E-state index in [1.165, 1.54) is 27.1 Å². The number of rotatable bonds is 1. The highest BCUT2D eigenvalue weighted by Gasteiger charge is 2.17. The molecule has 0 spiro atoms. The molecule has 1 nitrogen and oxygen atoms in total. The first kappa shape index (κ1) is 13.8. The molecule has 0 atom stereocenters. The Morgan fingerprint density at radius 3 is 1.76 bits per heavy atom. The number of benzene rings is 3. The number of hydrogen-bond acceptors (Lipinski definition) is 0. The largest absolute Gasteiger partial charge is 0.286 e. The average Bonchev–Trinajstić information content (AvgIpc) is 2.46. The molecule has 0 amide bonds. The Morgan fingerprint density at radius 2 is 1.29 bits per heavy atom. The van der Waals surface area contributed by atoms with Crippen LogP contribution in [0.4, 0.5) is 0 Å². The van der Waals surface area contributed by atoms with E-state index in [9.17, 15) is 0 Å². The van der Waals surface area contributed by atoms with Gasteiger partial charge >= 0.3 is 0 Å². The van der Waals surface area contributed by atoms with Gasteiger partial charge in [-0.2, -0.15) is 0 Å². The lowest BCUT2D eigenvalue weighted by molar-refractivity contribution is -0.565. The standard InChI is InChI=1S/C20H21N/c1-20(2,3)21(4)14-19-17-11-7-5-9-15(17)13-16-10-6-8-12-18(16)19/h5-13H,1-4H3. The smallest absolute Gasteiger partial charge is 0.142 e. The number of fused-ring (bicyclic) bond motifs is 2. The molecule has 0 unspecified atom stereocenters. The molecule has 1 heteroatoms. The Balaban J connectivity index is 2.41. The summed E-state index contributed by atoms with van der Waals surface area (Å²) in [6, 6.07) is 19.3. The maximum atomic E-state index is 3.60. The van der Waals surface area contributed by atoms with E-state index < -0.39 is 0 Å². The van der Waals surface area contributed by atoms with Gasteiger partial charge in [0, 0.05) is 0 Å². The number of hydrogen-bond donors (Lipinski definition) is 0. The molecule has 0 saturated heterocycles. The molecule has 0 N–H and O–H groups in total. The van der Waals surface area contributed by atoms with Gasteiger partial charge in [-0.05, 0) is 20.8 Å². The van der Waals surface area contributed by atoms with Crippen LogP contribution in [-0.4, -0.2) is 23.4 Å². The molecule has 0 saturated carbocycles. The van der Waals surface area contributed by atoms with E-state index in [0.717, 1.165) is 0 Å². The van der Waals surface area contributed by atoms with Crippen LogP contribution in [0.2, 0.25) is 0 Å². The van der Waals surface area contributed by atoms with E-state index in [0.29, 0.717) is 0 Å². The molecule has 0 aliphatic heterocycles. The zero-order chi connectivity index (χ0) is 15.0. The van der Waals surface area contributed by atoms with Gasteiger partial charge in [0.1, 0.15) is 18.8 Å². The minimum Gasteiger partial charge on any atom is -0.286 e. The molecule has 106 valence electrons. The molecule has 0 heterocycles. The van der Waals surface area contributed by atoms with Gasteiger partial charge in [0.15, 0.2) is 0 Å². The Bertz CT molecular complexity index is 781. The topological polar surface area (TPSA) is 3.01 Å². The van der Waals surface area contributed by atoms with Crippen molar-refractivity contribution in [2.24, 2.45) is 0 Å². The molecule has 0 fully saturated rings. The second-order valence-corrected chi connectivity index (χ2v) is 6.54. The molecular formula is C20H21N. The molecule has 0 aliphatic carbocycles. The Hall–Kier alpha value is -2.15. The lowest BCUT2D eigenvalue weighted by Crippen LogP contribution is -2.30. The first-order chi connectivity index (χ1) is 9.97. The van der Waals surface area contributed by atoms with Crippen LogP contribution >= 0.6 is 0 Å². The average molecular weight is 275 g/mol. The van der Waals surface area contributed by atoms with Crippen LogP contribution in [0.3, 0.4) is 0 Å². The van der Waals surface area contributed by atoms with Gasteiger partial charge in [-0.1, -0.05) is 53.2 Å². The minimum atomic E-state index is 0.0536. The molecule has 21 heavy (non-hydrogen) atoms. The number of nitrogens with zero attached hydrogens (tertiary/aromatic N) is 1. The molecule has 0 bridgehead atoms. The minimum absolute atomic E-state index is 0.0536. The van der Waals surface area contributed by atoms with Crippen LogP contribution in [0.25, 0.3) is 21.5 Å². The maximum Gasteiger partial charge on any atom is 0.142 e. The SMILES string of the molecule is C[N+](=[C-]c1c2ccccc2cc2ccccc12)C(C)(C)C. The second-order valence-electron chi connectivity index (χ2n) is 6.54. The summed E-state index contributed by atoms with van der Waals surface area (Å²) in [5.41, 5.74) is 1.24. The van der Waals surface area contributed by atoms with Crippen molar-refractivity contribution in [2.45, 2.75) is 26.3 Å². The van der Waals surface area contributed by atoms with E-state index in [4.69, 9.17) is 0 Å². The fraction of sp³-hybridized carbons (Fsp3) is 0.250. The van der Waals surface area contributed by atoms with Gasteiger partial charge in [-0.3, -0.25) is 4.58 Å². The molecule has 3 rings (SSSR count). The van der Waals surface area contributed by atoms with Crippen LogP contribution in [0, 0.1) is 0 Å². The third kappa shape index (κ3) is 2.56. The molecule has 3 aromatic rings. The highest BCUT2D eigenvalue weighted by atomic mass is 15.0. The molecule has 0 radical (unpaired) electrons. The summed E-state index contributed by atoms with van der Waals surface area (Å²) >= 11 is 0. The zero-order valence-electron chi connectivity index (χ0n) is 13.1. The van der Waals surface area contributed by atoms with E-state index in [2.05, 4.69) is 93.2 Å². The van der Waals surface area contributed by atoms with Crippen molar-refractivity contribution in [1.29, 1.82) is 0 Å². The van der Waals surface area contributed by atoms with Gasteiger partial charge in [0.2, 0.25) is 0 Å². The van der Waals surface area contributed by atoms with E-state index in [-0.39, 0.29) is 5.54 Å². The van der Waals surface area contributed by atoms with Crippen molar-refractivity contribution in [3.63, 3.8) is 0 Å². The molecular weight excluding hydrogens is 254 g/mol. The zero-order valence-corrected chi connectivity index (χ0v) is 13.1. The first-order valence-corrected chi connectivity index (χ1v) is 7.38. The van der Waals surface area contributed by atoms with Crippen molar-refractivity contribution in [2.75, 3.05) is 7.05 Å². The molecule has 0 aliphatic rings. The van der Waals surface area contributed by atoms with Crippen LogP contribution in [0.5, 0.6) is 0 Å². The van der Waals surface area contributed by atoms with Crippen molar-refractivity contribution in [3.8, 4) is 0 Å². The van der Waals surface area contributed by atoms with Crippen LogP contribution in [0.15, 0.2) is 54.6 Å². The molecule has 0 aromatic heterocycles. The highest BCUT2D eigenvalue weighted by molar-refractivity contribution is 6.12. The van der Waals surface area contributed by atoms with Gasteiger partial charge in [0.05, 0.1) is 0 Å². The van der Waals surface area contributed by atoms with Crippen molar-refractivity contribution in [1.82, 2.24) is 0 Å². The summed E-state index contributed by atoms with van der Waals surface area (Å²) in [6.45, 7) is 6.61. The third-order valence-corrected chi connectivity index (χ3v) is 4.06.